The highest BCUT2D eigenvalue weighted by molar-refractivity contribution is 9.10. The Hall–Kier alpha value is -3.53. The number of fused-ring (bicyclic) bond motifs is 2. The molecule has 2 aliphatic heterocycles. The molecule has 3 aromatic rings. The van der Waals surface area contributed by atoms with Crippen molar-refractivity contribution in [3.8, 4) is 0 Å². The molecular weight excluding hydrogens is 741 g/mol. The summed E-state index contributed by atoms with van der Waals surface area (Å²) < 4.78 is 108. The lowest BCUT2D eigenvalue weighted by atomic mass is 9.72. The van der Waals surface area contributed by atoms with E-state index in [1.807, 2.05) is 18.2 Å². The van der Waals surface area contributed by atoms with Gasteiger partial charge >= 0.3 is 18.3 Å². The zero-order valence-corrected chi connectivity index (χ0v) is 28.0. The second kappa shape index (κ2) is 13.5. The van der Waals surface area contributed by atoms with Gasteiger partial charge in [0.05, 0.1) is 28.2 Å². The van der Waals surface area contributed by atoms with Crippen molar-refractivity contribution in [3.63, 3.8) is 0 Å². The van der Waals surface area contributed by atoms with Crippen LogP contribution in [0.5, 0.6) is 0 Å². The van der Waals surface area contributed by atoms with E-state index in [9.17, 15) is 45.4 Å². The number of hydrogen-bond donors (Lipinski definition) is 1. The Morgan fingerprint density at radius 3 is 2.24 bits per heavy atom. The number of carboxylic acid groups (broad SMARTS) is 1. The zero-order chi connectivity index (χ0) is 36.1. The SMILES string of the molecule is O=C(O)CO[C@H]1Cc2ccccc2C12CCN(CC[C@@]1(c3ccc(F)c(Br)c3)CN(C(=O)c3cc(C(F)(F)F)cc(C(F)(F)F)c3)CO1)CC2. The first-order valence-electron chi connectivity index (χ1n) is 15.8. The Bertz CT molecular complexity index is 1740. The molecule has 0 unspecified atom stereocenters. The molecule has 2 fully saturated rings. The lowest BCUT2D eigenvalue weighted by Crippen LogP contribution is -2.49. The zero-order valence-electron chi connectivity index (χ0n) is 26.4. The summed E-state index contributed by atoms with van der Waals surface area (Å²) in [7, 11) is 0. The maximum absolute atomic E-state index is 14.3. The van der Waals surface area contributed by atoms with E-state index in [2.05, 4.69) is 26.9 Å². The summed E-state index contributed by atoms with van der Waals surface area (Å²) in [4.78, 5) is 28.1. The Labute approximate surface area is 291 Å². The first-order valence-corrected chi connectivity index (χ1v) is 16.6. The number of nitrogens with zero attached hydrogens (tertiary/aromatic N) is 2. The number of carboxylic acids is 1. The molecule has 50 heavy (non-hydrogen) atoms. The number of piperidine rings is 1. The number of halogens is 8. The largest absolute Gasteiger partial charge is 0.480 e. The van der Waals surface area contributed by atoms with Crippen molar-refractivity contribution in [2.75, 3.05) is 39.5 Å². The quantitative estimate of drug-likeness (QED) is 0.241. The third-order valence-corrected chi connectivity index (χ3v) is 10.7. The molecule has 0 aromatic heterocycles. The van der Waals surface area contributed by atoms with Crippen molar-refractivity contribution in [2.45, 2.75) is 55.2 Å². The minimum atomic E-state index is -5.13. The van der Waals surface area contributed by atoms with Gasteiger partial charge in [0.25, 0.3) is 5.91 Å². The van der Waals surface area contributed by atoms with Crippen molar-refractivity contribution in [1.29, 1.82) is 0 Å². The fourth-order valence-electron chi connectivity index (χ4n) is 7.49. The number of benzene rings is 3. The molecule has 2 saturated heterocycles. The molecule has 268 valence electrons. The maximum atomic E-state index is 14.3. The minimum absolute atomic E-state index is 0.0367. The Kier molecular flexibility index (Phi) is 9.83. The van der Waals surface area contributed by atoms with Crippen molar-refractivity contribution in [1.82, 2.24) is 9.80 Å². The van der Waals surface area contributed by atoms with E-state index < -0.39 is 65.7 Å². The van der Waals surface area contributed by atoms with E-state index in [1.54, 1.807) is 0 Å². The van der Waals surface area contributed by atoms with Crippen LogP contribution >= 0.6 is 15.9 Å². The number of hydrogen-bond acceptors (Lipinski definition) is 5. The first kappa shape index (κ1) is 36.3. The fraction of sp³-hybridized carbons (Fsp3) is 0.429. The van der Waals surface area contributed by atoms with Gasteiger partial charge in [-0.1, -0.05) is 30.3 Å². The van der Waals surface area contributed by atoms with Gasteiger partial charge in [-0.15, -0.1) is 0 Å². The third kappa shape index (κ3) is 7.14. The molecule has 15 heteroatoms. The monoisotopic (exact) mass is 772 g/mol. The predicted molar refractivity (Wildman–Crippen MR) is 169 cm³/mol. The maximum Gasteiger partial charge on any atom is 0.416 e. The molecule has 3 aliphatic rings. The normalized spacial score (nSPS) is 22.2. The van der Waals surface area contributed by atoms with Gasteiger partial charge in [0.1, 0.15) is 24.8 Å². The molecule has 0 saturated carbocycles. The van der Waals surface area contributed by atoms with Crippen LogP contribution in [0.25, 0.3) is 0 Å². The van der Waals surface area contributed by atoms with Crippen molar-refractivity contribution >= 4 is 27.8 Å². The molecule has 1 N–H and O–H groups in total. The van der Waals surface area contributed by atoms with Crippen molar-refractivity contribution in [2.24, 2.45) is 0 Å². The molecule has 2 atom stereocenters. The third-order valence-electron chi connectivity index (χ3n) is 10.1. The standard InChI is InChI=1S/C35H32BrF7N2O5/c36-27-17-23(5-6-28(27)37)33(19-45(20-50-33)31(48)22-13-24(34(38,39)40)16-25(14-22)35(41,42)43)9-12-44-10-7-32(8-11-44)26-4-2-1-3-21(26)15-29(32)49-18-30(46)47/h1-6,13-14,16-17,29H,7-12,15,18-20H2,(H,46,47)/t29-,33-/m0/s1. The van der Waals surface area contributed by atoms with Crippen LogP contribution in [0.15, 0.2) is 65.1 Å². The van der Waals surface area contributed by atoms with E-state index in [-0.39, 0.29) is 35.0 Å². The molecule has 1 aliphatic carbocycles. The Morgan fingerprint density at radius 2 is 1.62 bits per heavy atom. The Balaban J connectivity index is 1.22. The van der Waals surface area contributed by atoms with Crippen LogP contribution in [0.2, 0.25) is 0 Å². The lowest BCUT2D eigenvalue weighted by Gasteiger charge is -2.44. The molecule has 7 nitrogen and oxygen atoms in total. The van der Waals surface area contributed by atoms with E-state index in [0.29, 0.717) is 56.6 Å². The van der Waals surface area contributed by atoms with Gasteiger partial charge in [-0.3, -0.25) is 4.79 Å². The van der Waals surface area contributed by atoms with Crippen LogP contribution < -0.4 is 0 Å². The molecule has 0 bridgehead atoms. The second-order valence-corrected chi connectivity index (χ2v) is 13.9. The van der Waals surface area contributed by atoms with Crippen LogP contribution in [0.3, 0.4) is 0 Å². The summed E-state index contributed by atoms with van der Waals surface area (Å²) in [5.74, 6) is -2.68. The summed E-state index contributed by atoms with van der Waals surface area (Å²) in [6, 6.07) is 12.9. The van der Waals surface area contributed by atoms with Crippen molar-refractivity contribution in [3.05, 3.63) is 104 Å². The fourth-order valence-corrected chi connectivity index (χ4v) is 7.87. The van der Waals surface area contributed by atoms with E-state index in [1.165, 1.54) is 18.2 Å². The molecule has 0 radical (unpaired) electrons. The number of rotatable bonds is 8. The molecule has 2 heterocycles. The smallest absolute Gasteiger partial charge is 0.416 e. The highest BCUT2D eigenvalue weighted by Gasteiger charge is 2.50. The molecule has 3 aromatic carbocycles. The van der Waals surface area contributed by atoms with Crippen molar-refractivity contribution < 1.29 is 54.9 Å². The number of likely N-dealkylation sites (tertiary alicyclic amines) is 1. The van der Waals surface area contributed by atoms with Gasteiger partial charge in [-0.05, 0) is 102 Å². The predicted octanol–water partition coefficient (Wildman–Crippen LogP) is 7.40. The second-order valence-electron chi connectivity index (χ2n) is 13.0. The van der Waals surface area contributed by atoms with E-state index >= 15 is 0 Å². The molecule has 1 amide bonds. The van der Waals surface area contributed by atoms with E-state index in [4.69, 9.17) is 9.47 Å². The summed E-state index contributed by atoms with van der Waals surface area (Å²) >= 11 is 3.17. The van der Waals surface area contributed by atoms with Gasteiger partial charge in [0.2, 0.25) is 0 Å². The average molecular weight is 774 g/mol. The summed E-state index contributed by atoms with van der Waals surface area (Å²) in [6.45, 7) is 0.600. The summed E-state index contributed by atoms with van der Waals surface area (Å²) in [5, 5.41) is 9.27. The topological polar surface area (TPSA) is 79.3 Å². The number of alkyl halides is 6. The van der Waals surface area contributed by atoms with Gasteiger partial charge in [-0.2, -0.15) is 26.3 Å². The first-order chi connectivity index (χ1) is 23.5. The number of aliphatic carboxylic acids is 1. The summed E-state index contributed by atoms with van der Waals surface area (Å²) in [6.07, 6.45) is -8.37. The molecule has 6 rings (SSSR count). The highest BCUT2D eigenvalue weighted by atomic mass is 79.9. The minimum Gasteiger partial charge on any atom is -0.480 e. The number of carbonyl (C=O) groups is 2. The van der Waals surface area contributed by atoms with Gasteiger partial charge in [0, 0.05) is 17.5 Å². The highest BCUT2D eigenvalue weighted by Crippen LogP contribution is 2.48. The lowest BCUT2D eigenvalue weighted by molar-refractivity contribution is -0.146. The average Bonchev–Trinajstić information content (AvgIpc) is 3.64. The Morgan fingerprint density at radius 1 is 0.960 bits per heavy atom. The van der Waals surface area contributed by atoms with Gasteiger partial charge in [-0.25, -0.2) is 9.18 Å². The number of amides is 1. The van der Waals surface area contributed by atoms with Crippen LogP contribution in [0, 0.1) is 5.82 Å². The van der Waals surface area contributed by atoms with Gasteiger partial charge in [0.15, 0.2) is 0 Å². The molecule has 1 spiro atoms. The summed E-state index contributed by atoms with van der Waals surface area (Å²) in [5.41, 5.74) is -2.91. The van der Waals surface area contributed by atoms with Crippen LogP contribution in [-0.4, -0.2) is 72.4 Å². The number of ether oxygens (including phenoxy) is 2. The van der Waals surface area contributed by atoms with Crippen LogP contribution in [0.4, 0.5) is 30.7 Å². The molecular formula is C35H32BrF7N2O5. The van der Waals surface area contributed by atoms with Crippen LogP contribution in [-0.2, 0) is 44.1 Å². The number of carbonyl (C=O) groups excluding carboxylic acids is 1. The van der Waals surface area contributed by atoms with Gasteiger partial charge < -0.3 is 24.4 Å². The van der Waals surface area contributed by atoms with E-state index in [0.717, 1.165) is 16.0 Å². The van der Waals surface area contributed by atoms with Crippen LogP contribution in [0.1, 0.15) is 57.4 Å².